The van der Waals surface area contributed by atoms with Crippen molar-refractivity contribution < 1.29 is 24.2 Å². The Morgan fingerprint density at radius 1 is 1.27 bits per heavy atom. The van der Waals surface area contributed by atoms with Crippen LogP contribution in [0.4, 0.5) is 5.82 Å². The Labute approximate surface area is 128 Å². The van der Waals surface area contributed by atoms with E-state index in [0.29, 0.717) is 0 Å². The second kappa shape index (κ2) is 8.56. The van der Waals surface area contributed by atoms with Gasteiger partial charge < -0.3 is 14.6 Å². The van der Waals surface area contributed by atoms with Crippen molar-refractivity contribution in [3.63, 3.8) is 0 Å². The molecule has 0 bridgehead atoms. The van der Waals surface area contributed by atoms with Gasteiger partial charge in [-0.25, -0.2) is 19.6 Å². The van der Waals surface area contributed by atoms with Gasteiger partial charge in [-0.2, -0.15) is 0 Å². The first-order valence-electron chi connectivity index (χ1n) is 6.74. The lowest BCUT2D eigenvalue weighted by atomic mass is 10.2. The number of aliphatic imine (C=N–C) groups is 1. The number of hydrogen-bond donors (Lipinski definition) is 1. The fraction of sp³-hybridized carbons (Fsp3) is 0.333. The van der Waals surface area contributed by atoms with Crippen molar-refractivity contribution in [1.29, 1.82) is 0 Å². The maximum atomic E-state index is 11.6. The summed E-state index contributed by atoms with van der Waals surface area (Å²) in [6.45, 7) is 5.12. The maximum absolute atomic E-state index is 11.6. The number of pyridine rings is 1. The molecule has 0 saturated carbocycles. The van der Waals surface area contributed by atoms with Crippen molar-refractivity contribution in [2.24, 2.45) is 4.99 Å². The fourth-order valence-corrected chi connectivity index (χ4v) is 1.45. The maximum Gasteiger partial charge on any atom is 0.356 e. The summed E-state index contributed by atoms with van der Waals surface area (Å²) in [6.07, 6.45) is 1.14. The van der Waals surface area contributed by atoms with Crippen LogP contribution >= 0.6 is 0 Å². The molecule has 1 N–H and O–H groups in total. The van der Waals surface area contributed by atoms with E-state index in [9.17, 15) is 14.7 Å². The van der Waals surface area contributed by atoms with E-state index < -0.39 is 11.9 Å². The van der Waals surface area contributed by atoms with Gasteiger partial charge in [-0.3, -0.25) is 0 Å². The minimum atomic E-state index is -0.687. The topological polar surface area (TPSA) is 98.1 Å². The highest BCUT2D eigenvalue weighted by atomic mass is 16.5. The Hall–Kier alpha value is -2.70. The largest absolute Gasteiger partial charge is 0.512 e. The van der Waals surface area contributed by atoms with E-state index in [4.69, 9.17) is 9.47 Å². The van der Waals surface area contributed by atoms with Crippen LogP contribution in [0.5, 0.6) is 0 Å². The Kier molecular flexibility index (Phi) is 6.75. The standard InChI is InChI=1S/C15H18N2O5/c1-4-21-14(19)11(10(3)18)9-16-13-8-6-7-12(17-13)15(20)22-5-2/h6-9,18H,4-5H2,1-3H3/b11-10+,16-9+. The second-order valence-electron chi connectivity index (χ2n) is 4.08. The Morgan fingerprint density at radius 3 is 2.55 bits per heavy atom. The summed E-state index contributed by atoms with van der Waals surface area (Å²) in [7, 11) is 0. The Balaban J connectivity index is 2.98. The molecule has 0 aliphatic carbocycles. The molecule has 118 valence electrons. The van der Waals surface area contributed by atoms with E-state index in [1.165, 1.54) is 13.0 Å². The summed E-state index contributed by atoms with van der Waals surface area (Å²) in [5, 5.41) is 9.49. The van der Waals surface area contributed by atoms with E-state index in [1.807, 2.05) is 0 Å². The summed E-state index contributed by atoms with van der Waals surface area (Å²) in [4.78, 5) is 31.2. The third-order valence-electron chi connectivity index (χ3n) is 2.43. The minimum Gasteiger partial charge on any atom is -0.512 e. The van der Waals surface area contributed by atoms with E-state index in [1.54, 1.807) is 26.0 Å². The molecule has 7 heteroatoms. The second-order valence-corrected chi connectivity index (χ2v) is 4.08. The van der Waals surface area contributed by atoms with Gasteiger partial charge in [0.15, 0.2) is 11.5 Å². The van der Waals surface area contributed by atoms with Gasteiger partial charge in [-0.05, 0) is 32.9 Å². The predicted molar refractivity (Wildman–Crippen MR) is 80.3 cm³/mol. The Morgan fingerprint density at radius 2 is 1.95 bits per heavy atom. The summed E-state index contributed by atoms with van der Waals surface area (Å²) in [5.41, 5.74) is 0.0315. The SMILES string of the molecule is CCOC(=O)C(/C=N/c1cccc(C(=O)OCC)n1)=C(\C)O. The van der Waals surface area contributed by atoms with Crippen LogP contribution in [0.25, 0.3) is 0 Å². The zero-order valence-electron chi connectivity index (χ0n) is 12.7. The van der Waals surface area contributed by atoms with Crippen LogP contribution in [0.15, 0.2) is 34.5 Å². The molecular weight excluding hydrogens is 288 g/mol. The summed E-state index contributed by atoms with van der Waals surface area (Å²) >= 11 is 0. The van der Waals surface area contributed by atoms with Crippen molar-refractivity contribution in [2.45, 2.75) is 20.8 Å². The van der Waals surface area contributed by atoms with E-state index >= 15 is 0 Å². The highest BCUT2D eigenvalue weighted by Crippen LogP contribution is 2.11. The number of aliphatic hydroxyl groups is 1. The zero-order valence-corrected chi connectivity index (χ0v) is 12.7. The molecule has 0 amide bonds. The van der Waals surface area contributed by atoms with Gasteiger partial charge in [0, 0.05) is 6.21 Å². The normalized spacial score (nSPS) is 12.0. The molecule has 0 atom stereocenters. The fourth-order valence-electron chi connectivity index (χ4n) is 1.45. The first-order valence-corrected chi connectivity index (χ1v) is 6.74. The molecule has 0 radical (unpaired) electrons. The lowest BCUT2D eigenvalue weighted by molar-refractivity contribution is -0.138. The molecule has 0 aromatic carbocycles. The lowest BCUT2D eigenvalue weighted by Crippen LogP contribution is -2.10. The lowest BCUT2D eigenvalue weighted by Gasteiger charge is -2.03. The molecule has 0 aliphatic rings. The molecule has 0 spiro atoms. The van der Waals surface area contributed by atoms with Crippen LogP contribution in [-0.4, -0.2) is 41.5 Å². The van der Waals surface area contributed by atoms with Crippen LogP contribution in [0.2, 0.25) is 0 Å². The molecule has 1 rings (SSSR count). The first-order chi connectivity index (χ1) is 10.5. The third-order valence-corrected chi connectivity index (χ3v) is 2.43. The molecule has 7 nitrogen and oxygen atoms in total. The highest BCUT2D eigenvalue weighted by molar-refractivity contribution is 6.10. The molecule has 1 heterocycles. The van der Waals surface area contributed by atoms with E-state index in [0.717, 1.165) is 6.21 Å². The van der Waals surface area contributed by atoms with Crippen LogP contribution in [0, 0.1) is 0 Å². The third kappa shape index (κ3) is 5.01. The number of nitrogens with zero attached hydrogens (tertiary/aromatic N) is 2. The number of aromatic nitrogens is 1. The number of hydrogen-bond acceptors (Lipinski definition) is 7. The number of allylic oxidation sites excluding steroid dienone is 1. The van der Waals surface area contributed by atoms with Crippen LogP contribution in [0.3, 0.4) is 0 Å². The van der Waals surface area contributed by atoms with Crippen LogP contribution in [-0.2, 0) is 14.3 Å². The number of esters is 2. The smallest absolute Gasteiger partial charge is 0.356 e. The van der Waals surface area contributed by atoms with Gasteiger partial charge in [-0.1, -0.05) is 6.07 Å². The highest BCUT2D eigenvalue weighted by Gasteiger charge is 2.12. The monoisotopic (exact) mass is 306 g/mol. The van der Waals surface area contributed by atoms with Crippen molar-refractivity contribution in [3.05, 3.63) is 35.2 Å². The van der Waals surface area contributed by atoms with Crippen molar-refractivity contribution in [2.75, 3.05) is 13.2 Å². The van der Waals surface area contributed by atoms with Gasteiger partial charge in [0.2, 0.25) is 0 Å². The Bertz CT molecular complexity index is 604. The quantitative estimate of drug-likeness (QED) is 0.375. The number of carbonyl (C=O) groups excluding carboxylic acids is 2. The van der Waals surface area contributed by atoms with Crippen LogP contribution < -0.4 is 0 Å². The molecular formula is C15H18N2O5. The predicted octanol–water partition coefficient (Wildman–Crippen LogP) is 2.36. The average molecular weight is 306 g/mol. The molecule has 0 saturated heterocycles. The number of rotatable bonds is 6. The van der Waals surface area contributed by atoms with E-state index in [2.05, 4.69) is 9.98 Å². The molecule has 0 fully saturated rings. The molecule has 1 aromatic heterocycles. The molecule has 0 unspecified atom stereocenters. The molecule has 1 aromatic rings. The van der Waals surface area contributed by atoms with Gasteiger partial charge in [-0.15, -0.1) is 0 Å². The number of aliphatic hydroxyl groups excluding tert-OH is 1. The summed E-state index contributed by atoms with van der Waals surface area (Å²) in [6, 6.07) is 4.64. The zero-order chi connectivity index (χ0) is 16.5. The van der Waals surface area contributed by atoms with Crippen LogP contribution in [0.1, 0.15) is 31.3 Å². The first kappa shape index (κ1) is 17.4. The summed E-state index contributed by atoms with van der Waals surface area (Å²) < 4.78 is 9.65. The molecule has 22 heavy (non-hydrogen) atoms. The number of carbonyl (C=O) groups is 2. The average Bonchev–Trinajstić information content (AvgIpc) is 2.48. The molecule has 0 aliphatic heterocycles. The van der Waals surface area contributed by atoms with E-state index in [-0.39, 0.29) is 36.1 Å². The minimum absolute atomic E-state index is 0.0785. The van der Waals surface area contributed by atoms with Gasteiger partial charge >= 0.3 is 11.9 Å². The van der Waals surface area contributed by atoms with Gasteiger partial charge in [0.1, 0.15) is 11.3 Å². The van der Waals surface area contributed by atoms with Crippen molar-refractivity contribution in [1.82, 2.24) is 4.98 Å². The van der Waals surface area contributed by atoms with Gasteiger partial charge in [0.05, 0.1) is 13.2 Å². The summed E-state index contributed by atoms with van der Waals surface area (Å²) in [5.74, 6) is -1.26. The van der Waals surface area contributed by atoms with Gasteiger partial charge in [0.25, 0.3) is 0 Å². The van der Waals surface area contributed by atoms with Crippen molar-refractivity contribution in [3.8, 4) is 0 Å². The van der Waals surface area contributed by atoms with Crippen molar-refractivity contribution >= 4 is 24.0 Å². The number of ether oxygens (including phenoxy) is 2.